The molecule has 0 heterocycles. The molecule has 0 aromatic rings. The van der Waals surface area contributed by atoms with Gasteiger partial charge in [-0.3, -0.25) is 0 Å². The lowest BCUT2D eigenvalue weighted by Gasteiger charge is -2.24. The normalized spacial score (nSPS) is 11.7. The molecule has 0 atom stereocenters. The van der Waals surface area contributed by atoms with Gasteiger partial charge in [-0.25, -0.2) is 0 Å². The molecule has 0 fully saturated rings. The van der Waals surface area contributed by atoms with E-state index in [0.29, 0.717) is 2.74 Å². The highest BCUT2D eigenvalue weighted by molar-refractivity contribution is 8.47. The molecule has 0 saturated carbocycles. The Balaban J connectivity index is 0. The van der Waals surface area contributed by atoms with Gasteiger partial charge in [0.05, 0.1) is 0 Å². The van der Waals surface area contributed by atoms with E-state index in [9.17, 15) is 0 Å². The zero-order valence-electron chi connectivity index (χ0n) is 14.3. The molecule has 0 aliphatic heterocycles. The van der Waals surface area contributed by atoms with Gasteiger partial charge in [0.1, 0.15) is 0 Å². The molecule has 0 rings (SSSR count). The first-order valence-corrected chi connectivity index (χ1v) is 16.4. The number of hydrogen-bond donors (Lipinski definition) is 0. The number of hydrogen-bond acceptors (Lipinski definition) is 8. The van der Waals surface area contributed by atoms with Crippen molar-refractivity contribution in [1.29, 1.82) is 0 Å². The van der Waals surface area contributed by atoms with Crippen LogP contribution >= 0.6 is 94.1 Å². The molecule has 0 aliphatic rings. The lowest BCUT2D eigenvalue weighted by Crippen LogP contribution is -2.05. The van der Waals surface area contributed by atoms with E-state index < -0.39 is 0 Å². The predicted molar refractivity (Wildman–Crippen MR) is 128 cm³/mol. The Morgan fingerprint density at radius 2 is 0.762 bits per heavy atom. The van der Waals surface area contributed by atoms with Crippen LogP contribution in [0.15, 0.2) is 0 Å². The van der Waals surface area contributed by atoms with E-state index >= 15 is 0 Å². The SMILES string of the molecule is CSC(CCC(SC)SC)SC.CSC(SC)(SC)SC. The summed E-state index contributed by atoms with van der Waals surface area (Å²) in [5, 5.41) is 0. The molecule has 8 heteroatoms. The molecule has 0 unspecified atom stereocenters. The molecular weight excluding hydrogens is 413 g/mol. The maximum atomic E-state index is 2.20. The van der Waals surface area contributed by atoms with E-state index in [1.807, 2.05) is 94.1 Å². The summed E-state index contributed by atoms with van der Waals surface area (Å²) in [5.41, 5.74) is 0. The number of thioether (sulfide) groups is 8. The highest BCUT2D eigenvalue weighted by Crippen LogP contribution is 2.50. The van der Waals surface area contributed by atoms with Crippen molar-refractivity contribution in [2.75, 3.05) is 50.0 Å². The van der Waals surface area contributed by atoms with E-state index in [2.05, 4.69) is 50.0 Å². The van der Waals surface area contributed by atoms with E-state index in [1.165, 1.54) is 12.8 Å². The van der Waals surface area contributed by atoms with Crippen molar-refractivity contribution in [3.05, 3.63) is 0 Å². The zero-order valence-corrected chi connectivity index (χ0v) is 20.9. The third kappa shape index (κ3) is 12.8. The van der Waals surface area contributed by atoms with E-state index in [1.54, 1.807) is 0 Å². The second-order valence-electron chi connectivity index (χ2n) is 3.70. The summed E-state index contributed by atoms with van der Waals surface area (Å²) in [4.78, 5) is 0. The number of rotatable bonds is 11. The van der Waals surface area contributed by atoms with Gasteiger partial charge in [0, 0.05) is 9.16 Å². The fourth-order valence-corrected chi connectivity index (χ4v) is 8.46. The van der Waals surface area contributed by atoms with Crippen molar-refractivity contribution in [2.45, 2.75) is 24.7 Å². The van der Waals surface area contributed by atoms with Gasteiger partial charge >= 0.3 is 0 Å². The Kier molecular flexibility index (Phi) is 21.8. The maximum absolute atomic E-state index is 2.20. The maximum Gasteiger partial charge on any atom is 0.152 e. The molecule has 0 bridgehead atoms. The summed E-state index contributed by atoms with van der Waals surface area (Å²) in [7, 11) is 0. The van der Waals surface area contributed by atoms with E-state index in [4.69, 9.17) is 0 Å². The van der Waals surface area contributed by atoms with Gasteiger partial charge in [0.15, 0.2) is 2.74 Å². The molecule has 21 heavy (non-hydrogen) atoms. The van der Waals surface area contributed by atoms with Crippen molar-refractivity contribution in [1.82, 2.24) is 0 Å². The lowest BCUT2D eigenvalue weighted by molar-refractivity contribution is 0.859. The van der Waals surface area contributed by atoms with Crippen LogP contribution in [-0.2, 0) is 0 Å². The average Bonchev–Trinajstić information content (AvgIpc) is 2.55. The van der Waals surface area contributed by atoms with Gasteiger partial charge in [0.2, 0.25) is 0 Å². The van der Waals surface area contributed by atoms with Gasteiger partial charge in [-0.2, -0.15) is 47.0 Å². The molecule has 0 nitrogen and oxygen atoms in total. The average molecular weight is 443 g/mol. The fourth-order valence-electron chi connectivity index (χ4n) is 1.44. The van der Waals surface area contributed by atoms with E-state index in [-0.39, 0.29) is 0 Å². The minimum atomic E-state index is 0.333. The summed E-state index contributed by atoms with van der Waals surface area (Å²) >= 11 is 15.5. The van der Waals surface area contributed by atoms with Crippen LogP contribution < -0.4 is 0 Å². The van der Waals surface area contributed by atoms with Crippen molar-refractivity contribution in [3.63, 3.8) is 0 Å². The Bertz CT molecular complexity index is 173. The third-order valence-electron chi connectivity index (χ3n) is 2.69. The van der Waals surface area contributed by atoms with Crippen molar-refractivity contribution in [2.24, 2.45) is 0 Å². The van der Waals surface area contributed by atoms with Crippen LogP contribution in [0.5, 0.6) is 0 Å². The van der Waals surface area contributed by atoms with Crippen LogP contribution in [0.1, 0.15) is 12.8 Å². The molecule has 0 amide bonds. The van der Waals surface area contributed by atoms with Crippen LogP contribution in [0.2, 0.25) is 0 Å². The van der Waals surface area contributed by atoms with Gasteiger partial charge in [-0.15, -0.1) is 47.0 Å². The van der Waals surface area contributed by atoms with Crippen LogP contribution in [0.4, 0.5) is 0 Å². The van der Waals surface area contributed by atoms with Crippen LogP contribution in [0.25, 0.3) is 0 Å². The fraction of sp³-hybridized carbons (Fsp3) is 1.00. The standard InChI is InChI=1S/C8H18S4.C5H12S4/c1-9-7(10-2)5-6-8(11-3)12-4;1-6-5(7-2,8-3)9-4/h7-8H,5-6H2,1-4H3;1-4H3. The van der Waals surface area contributed by atoms with Crippen LogP contribution in [0.3, 0.4) is 0 Å². The topological polar surface area (TPSA) is 0 Å². The molecule has 0 aromatic heterocycles. The lowest BCUT2D eigenvalue weighted by atomic mass is 10.4. The summed E-state index contributed by atoms with van der Waals surface area (Å²) in [6, 6.07) is 0. The van der Waals surface area contributed by atoms with Crippen LogP contribution in [0, 0.1) is 0 Å². The Morgan fingerprint density at radius 3 is 0.857 bits per heavy atom. The summed E-state index contributed by atoms with van der Waals surface area (Å²) in [6.45, 7) is 0. The van der Waals surface area contributed by atoms with Crippen molar-refractivity contribution in [3.8, 4) is 0 Å². The Hall–Kier alpha value is 2.80. The van der Waals surface area contributed by atoms with Crippen molar-refractivity contribution >= 4 is 94.1 Å². The van der Waals surface area contributed by atoms with E-state index in [0.717, 1.165) is 9.16 Å². The second-order valence-corrected chi connectivity index (χ2v) is 14.1. The quantitative estimate of drug-likeness (QED) is 0.312. The van der Waals surface area contributed by atoms with Gasteiger partial charge in [-0.05, 0) is 62.9 Å². The molecule has 0 aromatic carbocycles. The molecular formula is C13H30S8. The van der Waals surface area contributed by atoms with Crippen molar-refractivity contribution < 1.29 is 0 Å². The summed E-state index contributed by atoms with van der Waals surface area (Å²) in [5.74, 6) is 0. The first kappa shape index (κ1) is 26.0. The zero-order chi connectivity index (χ0) is 16.7. The Labute approximate surface area is 167 Å². The first-order valence-electron chi connectivity index (χ1n) is 6.34. The molecule has 0 aliphatic carbocycles. The minimum absolute atomic E-state index is 0.333. The monoisotopic (exact) mass is 442 g/mol. The Morgan fingerprint density at radius 1 is 0.524 bits per heavy atom. The van der Waals surface area contributed by atoms with Crippen LogP contribution in [-0.4, -0.2) is 62.0 Å². The first-order chi connectivity index (χ1) is 10.0. The predicted octanol–water partition coefficient (Wildman–Crippen LogP) is 6.92. The minimum Gasteiger partial charge on any atom is -0.151 e. The molecule has 0 radical (unpaired) electrons. The molecule has 0 spiro atoms. The van der Waals surface area contributed by atoms with Gasteiger partial charge < -0.3 is 0 Å². The van der Waals surface area contributed by atoms with Gasteiger partial charge in [-0.1, -0.05) is 0 Å². The van der Waals surface area contributed by atoms with Gasteiger partial charge in [0.25, 0.3) is 0 Å². The molecule has 0 saturated heterocycles. The summed E-state index contributed by atoms with van der Waals surface area (Å²) < 4.78 is 1.93. The smallest absolute Gasteiger partial charge is 0.151 e. The highest BCUT2D eigenvalue weighted by atomic mass is 32.3. The largest absolute Gasteiger partial charge is 0.152 e. The summed E-state index contributed by atoms with van der Waals surface area (Å²) in [6.07, 6.45) is 20.1. The highest BCUT2D eigenvalue weighted by Gasteiger charge is 2.24. The molecule has 130 valence electrons. The second kappa shape index (κ2) is 17.6. The third-order valence-corrected chi connectivity index (χ3v) is 16.0. The molecule has 0 N–H and O–H groups in total.